The minimum Gasteiger partial charge on any atom is -0.379 e. The number of carbonyl (C=O) groups excluding carboxylic acids is 3. The molecule has 2 aromatic carbocycles. The lowest BCUT2D eigenvalue weighted by molar-refractivity contribution is -0.135. The van der Waals surface area contributed by atoms with E-state index in [1.807, 2.05) is 25.1 Å². The second-order valence-corrected chi connectivity index (χ2v) is 11.9. The first-order valence-corrected chi connectivity index (χ1v) is 16.1. The number of hydrogen-bond acceptors (Lipinski definition) is 8. The van der Waals surface area contributed by atoms with Gasteiger partial charge in [0, 0.05) is 39.1 Å². The summed E-state index contributed by atoms with van der Waals surface area (Å²) in [6, 6.07) is 13.1. The first-order valence-electron chi connectivity index (χ1n) is 16.1. The lowest BCUT2D eigenvalue weighted by Gasteiger charge is -2.21. The number of piperidine rings is 1. The number of fused-ring (bicyclic) bond motifs is 1. The van der Waals surface area contributed by atoms with Crippen molar-refractivity contribution in [1.29, 1.82) is 0 Å². The molecule has 1 unspecified atom stereocenters. The molecule has 1 aliphatic rings. The molecule has 12 nitrogen and oxygen atoms in total. The van der Waals surface area contributed by atoms with Gasteiger partial charge in [0.15, 0.2) is 0 Å². The normalized spacial score (nSPS) is 16.1. The van der Waals surface area contributed by atoms with Crippen LogP contribution in [-0.4, -0.2) is 65.4 Å². The highest BCUT2D eigenvalue weighted by atomic mass is 35.5. The zero-order valence-corrected chi connectivity index (χ0v) is 28.1. The summed E-state index contributed by atoms with van der Waals surface area (Å²) in [4.78, 5) is 48.1. The Kier molecular flexibility index (Phi) is 15.1. The quantitative estimate of drug-likeness (QED) is 0.129. The monoisotopic (exact) mass is 673 g/mol. The largest absolute Gasteiger partial charge is 0.379 e. The number of hydrogen-bond donors (Lipinski definition) is 3. The molecule has 0 aliphatic carbocycles. The summed E-state index contributed by atoms with van der Waals surface area (Å²) in [5.41, 5.74) is 15.8. The molecule has 0 radical (unpaired) electrons. The van der Waals surface area contributed by atoms with Gasteiger partial charge in [0.2, 0.25) is 17.7 Å². The first kappa shape index (κ1) is 37.9. The summed E-state index contributed by atoms with van der Waals surface area (Å²) >= 11 is 0. The van der Waals surface area contributed by atoms with E-state index in [2.05, 4.69) is 29.6 Å². The van der Waals surface area contributed by atoms with Crippen molar-refractivity contribution in [1.82, 2.24) is 14.5 Å². The van der Waals surface area contributed by atoms with E-state index in [4.69, 9.17) is 25.7 Å². The van der Waals surface area contributed by atoms with E-state index in [1.165, 1.54) is 10.1 Å². The Labute approximate surface area is 281 Å². The molecule has 3 amide bonds. The van der Waals surface area contributed by atoms with E-state index < -0.39 is 11.9 Å². The van der Waals surface area contributed by atoms with Crippen LogP contribution in [0.2, 0.25) is 0 Å². The second-order valence-electron chi connectivity index (χ2n) is 11.9. The number of ether oxygens (including phenoxy) is 3. The van der Waals surface area contributed by atoms with E-state index in [0.717, 1.165) is 42.3 Å². The molecule has 0 spiro atoms. The minimum atomic E-state index is -0.694. The van der Waals surface area contributed by atoms with E-state index in [0.29, 0.717) is 51.4 Å². The van der Waals surface area contributed by atoms with Crippen molar-refractivity contribution in [2.75, 3.05) is 26.4 Å². The van der Waals surface area contributed by atoms with Gasteiger partial charge in [-0.05, 0) is 68.2 Å². The number of rotatable bonds is 19. The topological polar surface area (TPSA) is 170 Å². The number of aryl methyl sites for hydroxylation is 3. The van der Waals surface area contributed by atoms with Gasteiger partial charge < -0.3 is 25.7 Å². The van der Waals surface area contributed by atoms with E-state index in [1.54, 1.807) is 11.6 Å². The van der Waals surface area contributed by atoms with Crippen molar-refractivity contribution in [2.45, 2.75) is 83.1 Å². The number of carbonyl (C=O) groups is 3. The summed E-state index contributed by atoms with van der Waals surface area (Å²) in [5, 5.41) is 2.35. The molecule has 47 heavy (non-hydrogen) atoms. The number of nitrogens with zero attached hydrogens (tertiary/aromatic N) is 2. The Morgan fingerprint density at radius 3 is 2.30 bits per heavy atom. The molecule has 3 atom stereocenters. The van der Waals surface area contributed by atoms with Crippen LogP contribution in [-0.2, 0) is 55.1 Å². The predicted molar refractivity (Wildman–Crippen MR) is 181 cm³/mol. The fraction of sp³-hybridized carbons (Fsp3) is 0.529. The van der Waals surface area contributed by atoms with Crippen molar-refractivity contribution in [3.63, 3.8) is 0 Å². The number of para-hydroxylation sites is 1. The summed E-state index contributed by atoms with van der Waals surface area (Å²) < 4.78 is 20.5. The third-order valence-electron chi connectivity index (χ3n) is 8.43. The van der Waals surface area contributed by atoms with Gasteiger partial charge in [-0.3, -0.25) is 28.8 Å². The lowest BCUT2D eigenvalue weighted by atomic mass is 10.0. The Hall–Kier alpha value is -3.55. The smallest absolute Gasteiger partial charge is 0.329 e. The van der Waals surface area contributed by atoms with E-state index in [9.17, 15) is 19.2 Å². The van der Waals surface area contributed by atoms with Crippen LogP contribution in [0.3, 0.4) is 0 Å². The highest BCUT2D eigenvalue weighted by Crippen LogP contribution is 2.25. The van der Waals surface area contributed by atoms with Crippen LogP contribution in [0.25, 0.3) is 11.0 Å². The third kappa shape index (κ3) is 10.7. The van der Waals surface area contributed by atoms with Gasteiger partial charge >= 0.3 is 5.69 Å². The Morgan fingerprint density at radius 2 is 1.64 bits per heavy atom. The van der Waals surface area contributed by atoms with Gasteiger partial charge in [0.25, 0.3) is 0 Å². The average Bonchev–Trinajstić information content (AvgIpc) is 3.29. The van der Waals surface area contributed by atoms with Crippen molar-refractivity contribution in [3.05, 3.63) is 69.6 Å². The molecular formula is C34H48ClN5O7. The molecule has 4 rings (SSSR count). The van der Waals surface area contributed by atoms with Crippen LogP contribution in [0.4, 0.5) is 0 Å². The molecule has 1 saturated heterocycles. The van der Waals surface area contributed by atoms with Gasteiger partial charge in [0.05, 0.1) is 37.0 Å². The predicted octanol–water partition coefficient (Wildman–Crippen LogP) is 2.84. The van der Waals surface area contributed by atoms with Crippen LogP contribution in [0.5, 0.6) is 0 Å². The Balaban J connectivity index is 0.00000600. The summed E-state index contributed by atoms with van der Waals surface area (Å²) in [7, 11) is 1.71. The number of amides is 3. The molecule has 5 N–H and O–H groups in total. The van der Waals surface area contributed by atoms with Gasteiger partial charge in [-0.1, -0.05) is 36.4 Å². The molecule has 13 heteroatoms. The van der Waals surface area contributed by atoms with Crippen molar-refractivity contribution in [3.8, 4) is 0 Å². The molecule has 2 heterocycles. The summed E-state index contributed by atoms with van der Waals surface area (Å²) in [5.74, 6) is -1.09. The van der Waals surface area contributed by atoms with Crippen LogP contribution < -0.4 is 22.5 Å². The van der Waals surface area contributed by atoms with Crippen molar-refractivity contribution < 1.29 is 28.6 Å². The fourth-order valence-corrected chi connectivity index (χ4v) is 5.71. The number of primary amides is 1. The molecule has 1 aromatic heterocycles. The molecule has 1 fully saturated rings. The Morgan fingerprint density at radius 1 is 0.979 bits per heavy atom. The second kappa shape index (κ2) is 18.7. The van der Waals surface area contributed by atoms with E-state index in [-0.39, 0.29) is 54.9 Å². The number of benzene rings is 2. The molecule has 1 aliphatic heterocycles. The number of imidazole rings is 1. The number of nitrogens with one attached hydrogen (secondary N) is 1. The summed E-state index contributed by atoms with van der Waals surface area (Å²) in [6.07, 6.45) is 4.44. The number of aromatic nitrogens is 2. The zero-order valence-electron chi connectivity index (χ0n) is 27.3. The maximum absolute atomic E-state index is 13.1. The van der Waals surface area contributed by atoms with Crippen LogP contribution in [0.1, 0.15) is 68.2 Å². The summed E-state index contributed by atoms with van der Waals surface area (Å²) in [6.45, 7) is 4.61. The van der Waals surface area contributed by atoms with Crippen LogP contribution in [0.15, 0.2) is 47.3 Å². The highest BCUT2D eigenvalue weighted by molar-refractivity contribution is 6.00. The highest BCUT2D eigenvalue weighted by Gasteiger charge is 2.31. The van der Waals surface area contributed by atoms with Gasteiger partial charge in [-0.25, -0.2) is 4.79 Å². The maximum atomic E-state index is 13.1. The maximum Gasteiger partial charge on any atom is 0.329 e. The minimum absolute atomic E-state index is 0. The SMILES string of the molecule is C[C@@H](OCc1ccc(CCCOCCOCCCc2cccc3c2n(C)c(=O)n3C2CCC(=O)NC2=O)cc1)[C@@H](N)CCC(N)=O.Cl. The zero-order chi connectivity index (χ0) is 33.1. The van der Waals surface area contributed by atoms with Crippen molar-refractivity contribution in [2.24, 2.45) is 18.5 Å². The number of nitrogens with two attached hydrogens (primary N) is 2. The molecular weight excluding hydrogens is 626 g/mol. The molecule has 0 bridgehead atoms. The molecule has 0 saturated carbocycles. The number of imide groups is 1. The molecule has 258 valence electrons. The third-order valence-corrected chi connectivity index (χ3v) is 8.43. The first-order chi connectivity index (χ1) is 22.2. The van der Waals surface area contributed by atoms with Gasteiger partial charge in [-0.15, -0.1) is 12.4 Å². The Bertz CT molecular complexity index is 1540. The average molecular weight is 674 g/mol. The van der Waals surface area contributed by atoms with Crippen LogP contribution in [0, 0.1) is 0 Å². The standard InChI is InChI=1S/C34H47N5O7.ClH/c1-23(27(35)14-16-30(36)40)46-22-25-12-10-24(11-13-25)6-4-18-44-20-21-45-19-5-8-26-7-3-9-28-32(26)38(2)34(43)39(28)29-15-17-31(41)37-33(29)42;/h3,7,9-13,23,27,29H,4-6,8,14-22,35H2,1-2H3,(H2,36,40)(H,37,41,42);1H/t23-,27+,29?;/m1./s1. The van der Waals surface area contributed by atoms with Crippen molar-refractivity contribution >= 4 is 41.2 Å². The van der Waals surface area contributed by atoms with Gasteiger partial charge in [0.1, 0.15) is 6.04 Å². The number of halogens is 1. The van der Waals surface area contributed by atoms with E-state index >= 15 is 0 Å². The lowest BCUT2D eigenvalue weighted by Crippen LogP contribution is -2.44. The van der Waals surface area contributed by atoms with Gasteiger partial charge in [-0.2, -0.15) is 0 Å². The van der Waals surface area contributed by atoms with Crippen LogP contribution >= 0.6 is 12.4 Å². The molecule has 3 aromatic rings. The fourth-order valence-electron chi connectivity index (χ4n) is 5.71.